The summed E-state index contributed by atoms with van der Waals surface area (Å²) in [5, 5.41) is 8.35. The molecule has 0 aliphatic rings. The summed E-state index contributed by atoms with van der Waals surface area (Å²) in [7, 11) is -3.65. The number of unbranched alkanes of at least 4 members (excludes halogenated alkanes) is 6. The third kappa shape index (κ3) is 6.39. The topological polar surface area (TPSA) is 72.2 Å². The van der Waals surface area contributed by atoms with E-state index in [1.807, 2.05) is 6.07 Å². The van der Waals surface area contributed by atoms with Crippen molar-refractivity contribution in [1.82, 2.24) is 0 Å². The highest BCUT2D eigenvalue weighted by atomic mass is 32.2. The molecule has 0 aliphatic heterocycles. The molecule has 1 aromatic carbocycles. The predicted octanol–water partition coefficient (Wildman–Crippen LogP) is 3.50. The first kappa shape index (κ1) is 17.0. The molecule has 0 saturated carbocycles. The molecule has 114 valence electrons. The summed E-state index contributed by atoms with van der Waals surface area (Å²) in [6.45, 7) is 2.99. The zero-order valence-electron chi connectivity index (χ0n) is 12.3. The lowest BCUT2D eigenvalue weighted by Gasteiger charge is -2.10. The van der Waals surface area contributed by atoms with Crippen molar-refractivity contribution in [3.8, 4) is 0 Å². The second-order valence-corrected chi connectivity index (χ2v) is 6.62. The highest BCUT2D eigenvalue weighted by Crippen LogP contribution is 2.19. The molecule has 3 N–H and O–H groups in total. The van der Waals surface area contributed by atoms with Crippen molar-refractivity contribution in [2.75, 3.05) is 11.9 Å². The molecule has 0 atom stereocenters. The minimum absolute atomic E-state index is 0.169. The van der Waals surface area contributed by atoms with Gasteiger partial charge < -0.3 is 5.32 Å². The molecule has 0 spiro atoms. The Morgan fingerprint density at radius 2 is 1.60 bits per heavy atom. The number of nitrogens with one attached hydrogen (secondary N) is 1. The minimum Gasteiger partial charge on any atom is -0.384 e. The lowest BCUT2D eigenvalue weighted by atomic mass is 10.1. The van der Waals surface area contributed by atoms with Crippen molar-refractivity contribution in [3.05, 3.63) is 24.3 Å². The van der Waals surface area contributed by atoms with Gasteiger partial charge in [0.2, 0.25) is 10.0 Å². The quantitative estimate of drug-likeness (QED) is 0.649. The second kappa shape index (κ2) is 8.97. The Kier molecular flexibility index (Phi) is 7.62. The number of nitrogens with two attached hydrogens (primary N) is 1. The summed E-state index contributed by atoms with van der Waals surface area (Å²) in [6.07, 6.45) is 8.67. The van der Waals surface area contributed by atoms with Crippen LogP contribution in [0.5, 0.6) is 0 Å². The molecule has 0 bridgehead atoms. The summed E-state index contributed by atoms with van der Waals surface area (Å²) in [5.74, 6) is 0. The van der Waals surface area contributed by atoms with Crippen LogP contribution in [0, 0.1) is 0 Å². The molecule has 1 rings (SSSR count). The van der Waals surface area contributed by atoms with Crippen LogP contribution < -0.4 is 10.5 Å². The molecule has 0 heterocycles. The second-order valence-electron chi connectivity index (χ2n) is 5.09. The average molecular weight is 298 g/mol. The fourth-order valence-corrected chi connectivity index (χ4v) is 2.88. The zero-order chi connectivity index (χ0) is 14.8. The standard InChI is InChI=1S/C15H26N2O2S/c1-2-3-4-5-6-7-10-13-17-14-11-8-9-12-15(14)20(16,18)19/h8-9,11-12,17H,2-7,10,13H2,1H3,(H2,16,18,19). The van der Waals surface area contributed by atoms with Crippen molar-refractivity contribution in [3.63, 3.8) is 0 Å². The van der Waals surface area contributed by atoms with Gasteiger partial charge in [-0.3, -0.25) is 0 Å². The van der Waals surface area contributed by atoms with Crippen LogP contribution >= 0.6 is 0 Å². The van der Waals surface area contributed by atoms with E-state index in [-0.39, 0.29) is 4.90 Å². The molecule has 0 aromatic heterocycles. The van der Waals surface area contributed by atoms with Crippen LogP contribution in [0.3, 0.4) is 0 Å². The van der Waals surface area contributed by atoms with Gasteiger partial charge in [-0.05, 0) is 18.6 Å². The van der Waals surface area contributed by atoms with E-state index < -0.39 is 10.0 Å². The number of primary sulfonamides is 1. The van der Waals surface area contributed by atoms with Crippen LogP contribution in [0.1, 0.15) is 51.9 Å². The first-order valence-electron chi connectivity index (χ1n) is 7.41. The van der Waals surface area contributed by atoms with E-state index >= 15 is 0 Å². The molecule has 0 unspecified atom stereocenters. The Hall–Kier alpha value is -1.07. The number of benzene rings is 1. The molecule has 5 heteroatoms. The normalized spacial score (nSPS) is 11.5. The van der Waals surface area contributed by atoms with Crippen molar-refractivity contribution in [2.45, 2.75) is 56.8 Å². The minimum atomic E-state index is -3.65. The molecule has 20 heavy (non-hydrogen) atoms. The summed E-state index contributed by atoms with van der Waals surface area (Å²) in [4.78, 5) is 0.169. The Balaban J connectivity index is 2.29. The maximum atomic E-state index is 11.4. The maximum Gasteiger partial charge on any atom is 0.240 e. The molecule has 0 radical (unpaired) electrons. The monoisotopic (exact) mass is 298 g/mol. The molecule has 4 nitrogen and oxygen atoms in total. The average Bonchev–Trinajstić information content (AvgIpc) is 2.41. The van der Waals surface area contributed by atoms with Crippen LogP contribution in [0.2, 0.25) is 0 Å². The number of para-hydroxylation sites is 1. The summed E-state index contributed by atoms with van der Waals surface area (Å²) < 4.78 is 22.9. The first-order chi connectivity index (χ1) is 9.55. The van der Waals surface area contributed by atoms with E-state index in [1.165, 1.54) is 44.6 Å². The van der Waals surface area contributed by atoms with E-state index in [1.54, 1.807) is 12.1 Å². The van der Waals surface area contributed by atoms with E-state index in [0.717, 1.165) is 13.0 Å². The predicted molar refractivity (Wildman–Crippen MR) is 84.3 cm³/mol. The fraction of sp³-hybridized carbons (Fsp3) is 0.600. The van der Waals surface area contributed by atoms with E-state index in [2.05, 4.69) is 12.2 Å². The van der Waals surface area contributed by atoms with Gasteiger partial charge >= 0.3 is 0 Å². The molecule has 0 fully saturated rings. The van der Waals surface area contributed by atoms with Crippen molar-refractivity contribution < 1.29 is 8.42 Å². The van der Waals surface area contributed by atoms with Crippen LogP contribution in [0.15, 0.2) is 29.2 Å². The SMILES string of the molecule is CCCCCCCCCNc1ccccc1S(N)(=O)=O. The lowest BCUT2D eigenvalue weighted by Crippen LogP contribution is -2.15. The summed E-state index contributed by atoms with van der Waals surface area (Å²) >= 11 is 0. The number of rotatable bonds is 10. The van der Waals surface area contributed by atoms with Gasteiger partial charge in [-0.1, -0.05) is 57.6 Å². The van der Waals surface area contributed by atoms with Gasteiger partial charge in [0.05, 0.1) is 5.69 Å². The van der Waals surface area contributed by atoms with Crippen molar-refractivity contribution in [1.29, 1.82) is 0 Å². The van der Waals surface area contributed by atoms with E-state index in [4.69, 9.17) is 5.14 Å². The van der Waals surface area contributed by atoms with Gasteiger partial charge in [-0.25, -0.2) is 13.6 Å². The van der Waals surface area contributed by atoms with Crippen LogP contribution in [-0.4, -0.2) is 15.0 Å². The molecule has 1 aromatic rings. The molecular weight excluding hydrogens is 272 g/mol. The maximum absolute atomic E-state index is 11.4. The Morgan fingerprint density at radius 3 is 2.25 bits per heavy atom. The first-order valence-corrected chi connectivity index (χ1v) is 8.96. The lowest BCUT2D eigenvalue weighted by molar-refractivity contribution is 0.594. The number of anilines is 1. The number of hydrogen-bond acceptors (Lipinski definition) is 3. The Morgan fingerprint density at radius 1 is 1.00 bits per heavy atom. The van der Waals surface area contributed by atoms with Crippen LogP contribution in [0.4, 0.5) is 5.69 Å². The van der Waals surface area contributed by atoms with Gasteiger partial charge in [0.15, 0.2) is 0 Å². The highest BCUT2D eigenvalue weighted by Gasteiger charge is 2.12. The largest absolute Gasteiger partial charge is 0.384 e. The van der Waals surface area contributed by atoms with Gasteiger partial charge in [-0.15, -0.1) is 0 Å². The van der Waals surface area contributed by atoms with Crippen molar-refractivity contribution >= 4 is 15.7 Å². The molecule has 0 aliphatic carbocycles. The van der Waals surface area contributed by atoms with Gasteiger partial charge in [-0.2, -0.15) is 0 Å². The zero-order valence-corrected chi connectivity index (χ0v) is 13.1. The molecule has 0 amide bonds. The molecular formula is C15H26N2O2S. The summed E-state index contributed by atoms with van der Waals surface area (Å²) in [5.41, 5.74) is 0.598. The highest BCUT2D eigenvalue weighted by molar-refractivity contribution is 7.89. The van der Waals surface area contributed by atoms with Crippen LogP contribution in [-0.2, 0) is 10.0 Å². The van der Waals surface area contributed by atoms with Crippen molar-refractivity contribution in [2.24, 2.45) is 5.14 Å². The molecule has 0 saturated heterocycles. The summed E-state index contributed by atoms with van der Waals surface area (Å²) in [6, 6.07) is 6.77. The smallest absolute Gasteiger partial charge is 0.240 e. The number of hydrogen-bond donors (Lipinski definition) is 2. The Labute approximate surface area is 122 Å². The van der Waals surface area contributed by atoms with Crippen LogP contribution in [0.25, 0.3) is 0 Å². The third-order valence-electron chi connectivity index (χ3n) is 3.29. The van der Waals surface area contributed by atoms with Gasteiger partial charge in [0.1, 0.15) is 4.90 Å². The van der Waals surface area contributed by atoms with Gasteiger partial charge in [0, 0.05) is 6.54 Å². The number of sulfonamides is 1. The van der Waals surface area contributed by atoms with Gasteiger partial charge in [0.25, 0.3) is 0 Å². The fourth-order valence-electron chi connectivity index (χ4n) is 2.17. The van der Waals surface area contributed by atoms with E-state index in [0.29, 0.717) is 5.69 Å². The van der Waals surface area contributed by atoms with E-state index in [9.17, 15) is 8.42 Å². The Bertz CT molecular complexity index is 486. The third-order valence-corrected chi connectivity index (χ3v) is 4.26.